The molecule has 3 rings (SSSR count). The van der Waals surface area contributed by atoms with Gasteiger partial charge >= 0.3 is 0 Å². The Bertz CT molecular complexity index is 540. The molecule has 3 heteroatoms. The van der Waals surface area contributed by atoms with Gasteiger partial charge in [0.1, 0.15) is 6.10 Å². The zero-order valence-electron chi connectivity index (χ0n) is 17.6. The van der Waals surface area contributed by atoms with Crippen molar-refractivity contribution in [2.45, 2.75) is 79.2 Å². The van der Waals surface area contributed by atoms with Crippen LogP contribution in [0, 0.1) is 34.0 Å². The van der Waals surface area contributed by atoms with Crippen LogP contribution in [0.15, 0.2) is 11.6 Å². The van der Waals surface area contributed by atoms with E-state index in [0.717, 1.165) is 5.92 Å². The summed E-state index contributed by atoms with van der Waals surface area (Å²) in [6.45, 7) is 13.0. The normalized spacial score (nSPS) is 43.2. The molecular weight excluding hydrogens is 324 g/mol. The summed E-state index contributed by atoms with van der Waals surface area (Å²) in [5, 5.41) is 18.6. The first-order valence-corrected chi connectivity index (χ1v) is 10.7. The lowest BCUT2D eigenvalue weighted by Crippen LogP contribution is -2.58. The van der Waals surface area contributed by atoms with Crippen LogP contribution in [0.4, 0.5) is 0 Å². The van der Waals surface area contributed by atoms with E-state index < -0.39 is 6.10 Å². The maximum Gasteiger partial charge on any atom is 0.100 e. The zero-order chi connectivity index (χ0) is 19.2. The molecule has 0 aromatic rings. The maximum atomic E-state index is 9.61. The minimum atomic E-state index is -0.765. The molecule has 0 saturated heterocycles. The van der Waals surface area contributed by atoms with Crippen LogP contribution in [0.2, 0.25) is 0 Å². The fraction of sp³-hybridized carbons (Fsp3) is 0.913. The first kappa shape index (κ1) is 20.4. The molecule has 2 fully saturated rings. The standard InChI is InChI=1S/C23H40O3/c1-16-7-8-20-22(4,18(16)15-26-14-17(25)13-24)12-9-19-21(2,3)10-6-11-23(19,20)5/h7,17-20,24-25H,6,8-15H2,1-5H3/t17-,18+,19+,20+,22-,23-/m0/s1. The molecule has 0 heterocycles. The Labute approximate surface area is 160 Å². The Balaban J connectivity index is 1.83. The number of hydrogen-bond acceptors (Lipinski definition) is 3. The molecule has 150 valence electrons. The van der Waals surface area contributed by atoms with Crippen molar-refractivity contribution in [3.63, 3.8) is 0 Å². The number of aliphatic hydroxyl groups excluding tert-OH is 2. The van der Waals surface area contributed by atoms with Gasteiger partial charge < -0.3 is 14.9 Å². The fourth-order valence-electron chi connectivity index (χ4n) is 7.30. The zero-order valence-corrected chi connectivity index (χ0v) is 17.6. The molecular formula is C23H40O3. The number of rotatable bonds is 5. The molecule has 0 bridgehead atoms. The first-order chi connectivity index (χ1) is 12.1. The summed E-state index contributed by atoms with van der Waals surface area (Å²) in [5.41, 5.74) is 2.62. The number of fused-ring (bicyclic) bond motifs is 3. The van der Waals surface area contributed by atoms with E-state index in [4.69, 9.17) is 9.84 Å². The average Bonchev–Trinajstić information content (AvgIpc) is 2.55. The third-order valence-corrected chi connectivity index (χ3v) is 8.67. The van der Waals surface area contributed by atoms with Crippen LogP contribution >= 0.6 is 0 Å². The van der Waals surface area contributed by atoms with E-state index in [1.165, 1.54) is 44.1 Å². The lowest BCUT2D eigenvalue weighted by atomic mass is 9.40. The molecule has 2 saturated carbocycles. The molecule has 0 unspecified atom stereocenters. The van der Waals surface area contributed by atoms with Crippen molar-refractivity contribution >= 4 is 0 Å². The second kappa shape index (κ2) is 7.22. The summed E-state index contributed by atoms with van der Waals surface area (Å²) >= 11 is 0. The van der Waals surface area contributed by atoms with Gasteiger partial charge in [-0.2, -0.15) is 0 Å². The highest BCUT2D eigenvalue weighted by molar-refractivity contribution is 5.20. The van der Waals surface area contributed by atoms with Crippen LogP contribution in [0.25, 0.3) is 0 Å². The minimum Gasteiger partial charge on any atom is -0.394 e. The Hall–Kier alpha value is -0.380. The van der Waals surface area contributed by atoms with E-state index >= 15 is 0 Å². The minimum absolute atomic E-state index is 0.228. The molecule has 0 radical (unpaired) electrons. The first-order valence-electron chi connectivity index (χ1n) is 10.7. The Morgan fingerprint density at radius 2 is 1.85 bits per heavy atom. The van der Waals surface area contributed by atoms with Gasteiger partial charge in [0.05, 0.1) is 19.8 Å². The molecule has 3 aliphatic rings. The van der Waals surface area contributed by atoms with Crippen LogP contribution in [0.3, 0.4) is 0 Å². The van der Waals surface area contributed by atoms with Crippen LogP contribution in [-0.2, 0) is 4.74 Å². The van der Waals surface area contributed by atoms with Gasteiger partial charge in [-0.25, -0.2) is 0 Å². The van der Waals surface area contributed by atoms with Crippen molar-refractivity contribution in [3.05, 3.63) is 11.6 Å². The Morgan fingerprint density at radius 1 is 1.12 bits per heavy atom. The summed E-state index contributed by atoms with van der Waals surface area (Å²) in [6, 6.07) is 0. The van der Waals surface area contributed by atoms with E-state index in [9.17, 15) is 5.11 Å². The maximum absolute atomic E-state index is 9.61. The molecule has 0 aromatic heterocycles. The number of allylic oxidation sites excluding steroid dienone is 1. The summed E-state index contributed by atoms with van der Waals surface area (Å²) in [6.07, 6.45) is 9.63. The van der Waals surface area contributed by atoms with E-state index in [2.05, 4.69) is 40.7 Å². The van der Waals surface area contributed by atoms with Crippen molar-refractivity contribution in [2.24, 2.45) is 34.0 Å². The fourth-order valence-corrected chi connectivity index (χ4v) is 7.30. The molecule has 6 atom stereocenters. The van der Waals surface area contributed by atoms with Crippen molar-refractivity contribution in [1.29, 1.82) is 0 Å². The van der Waals surface area contributed by atoms with Crippen LogP contribution in [0.1, 0.15) is 73.1 Å². The second-order valence-electron chi connectivity index (χ2n) is 10.6. The molecule has 0 spiro atoms. The number of ether oxygens (including phenoxy) is 1. The monoisotopic (exact) mass is 364 g/mol. The van der Waals surface area contributed by atoms with Crippen LogP contribution in [0.5, 0.6) is 0 Å². The summed E-state index contributed by atoms with van der Waals surface area (Å²) in [5.74, 6) is 1.97. The second-order valence-corrected chi connectivity index (χ2v) is 10.6. The predicted molar refractivity (Wildman–Crippen MR) is 106 cm³/mol. The third kappa shape index (κ3) is 3.29. The molecule has 0 aromatic carbocycles. The molecule has 2 N–H and O–H groups in total. The van der Waals surface area contributed by atoms with E-state index in [-0.39, 0.29) is 18.6 Å². The van der Waals surface area contributed by atoms with E-state index in [1.54, 1.807) is 0 Å². The van der Waals surface area contributed by atoms with Crippen molar-refractivity contribution in [2.75, 3.05) is 19.8 Å². The predicted octanol–water partition coefficient (Wildman–Crippen LogP) is 4.57. The molecule has 26 heavy (non-hydrogen) atoms. The number of hydrogen-bond donors (Lipinski definition) is 2. The highest BCUT2D eigenvalue weighted by atomic mass is 16.5. The van der Waals surface area contributed by atoms with Crippen molar-refractivity contribution in [1.82, 2.24) is 0 Å². The highest BCUT2D eigenvalue weighted by Gasteiger charge is 2.60. The smallest absolute Gasteiger partial charge is 0.100 e. The van der Waals surface area contributed by atoms with E-state index in [1.807, 2.05) is 0 Å². The Morgan fingerprint density at radius 3 is 2.54 bits per heavy atom. The van der Waals surface area contributed by atoms with Crippen LogP contribution < -0.4 is 0 Å². The quantitative estimate of drug-likeness (QED) is 0.703. The number of aliphatic hydroxyl groups is 2. The van der Waals surface area contributed by atoms with Gasteiger partial charge in [0, 0.05) is 5.92 Å². The molecule has 3 aliphatic carbocycles. The molecule has 0 amide bonds. The van der Waals surface area contributed by atoms with Gasteiger partial charge in [0.25, 0.3) is 0 Å². The van der Waals surface area contributed by atoms with Crippen LogP contribution in [-0.4, -0.2) is 36.1 Å². The summed E-state index contributed by atoms with van der Waals surface area (Å²) in [4.78, 5) is 0. The Kier molecular flexibility index (Phi) is 5.65. The van der Waals surface area contributed by atoms with Gasteiger partial charge in [-0.3, -0.25) is 0 Å². The molecule has 3 nitrogen and oxygen atoms in total. The lowest BCUT2D eigenvalue weighted by molar-refractivity contribution is -0.153. The largest absolute Gasteiger partial charge is 0.394 e. The SMILES string of the molecule is CC1=CC[C@@H]2[C@@](C)(CC[C@@H]3C(C)(C)CCC[C@]23C)[C@@H]1COC[C@@H](O)CO. The summed E-state index contributed by atoms with van der Waals surface area (Å²) in [7, 11) is 0. The van der Waals surface area contributed by atoms with E-state index in [0.29, 0.717) is 29.3 Å². The van der Waals surface area contributed by atoms with Crippen molar-refractivity contribution in [3.8, 4) is 0 Å². The average molecular weight is 365 g/mol. The third-order valence-electron chi connectivity index (χ3n) is 8.67. The summed E-state index contributed by atoms with van der Waals surface area (Å²) < 4.78 is 5.87. The van der Waals surface area contributed by atoms with Gasteiger partial charge in [-0.15, -0.1) is 0 Å². The highest BCUT2D eigenvalue weighted by Crippen LogP contribution is 2.68. The van der Waals surface area contributed by atoms with Crippen molar-refractivity contribution < 1.29 is 14.9 Å². The lowest BCUT2D eigenvalue weighted by Gasteiger charge is -2.65. The molecule has 0 aliphatic heterocycles. The van der Waals surface area contributed by atoms with Gasteiger partial charge in [0.15, 0.2) is 0 Å². The topological polar surface area (TPSA) is 49.7 Å². The van der Waals surface area contributed by atoms with Gasteiger partial charge in [-0.1, -0.05) is 45.8 Å². The van der Waals surface area contributed by atoms with Gasteiger partial charge in [-0.05, 0) is 67.1 Å². The van der Waals surface area contributed by atoms with Gasteiger partial charge in [0.2, 0.25) is 0 Å².